The van der Waals surface area contributed by atoms with Crippen molar-refractivity contribution in [1.29, 1.82) is 0 Å². The first kappa shape index (κ1) is 21.9. The van der Waals surface area contributed by atoms with Crippen molar-refractivity contribution in [2.75, 3.05) is 0 Å². The van der Waals surface area contributed by atoms with E-state index in [1.807, 2.05) is 6.07 Å². The number of ether oxygens (including phenoxy) is 1. The molecule has 9 heteroatoms. The lowest BCUT2D eigenvalue weighted by Crippen LogP contribution is -2.25. The zero-order chi connectivity index (χ0) is 23.7. The number of carboxylic acid groups (broad SMARTS) is 1. The number of fused-ring (bicyclic) bond motifs is 1. The maximum absolute atomic E-state index is 13.9. The Bertz CT molecular complexity index is 1310. The minimum atomic E-state index is -0.745. The predicted octanol–water partition coefficient (Wildman–Crippen LogP) is 5.38. The van der Waals surface area contributed by atoms with Gasteiger partial charge >= 0.3 is 5.97 Å². The number of benzene rings is 1. The van der Waals surface area contributed by atoms with Crippen molar-refractivity contribution in [2.24, 2.45) is 5.92 Å². The number of aliphatic carboxylic acids is 1. The zero-order valence-electron chi connectivity index (χ0n) is 18.2. The second-order valence-electron chi connectivity index (χ2n) is 8.54. The van der Waals surface area contributed by atoms with Crippen LogP contribution in [0.1, 0.15) is 32.1 Å². The van der Waals surface area contributed by atoms with Crippen molar-refractivity contribution in [3.05, 3.63) is 60.4 Å². The highest BCUT2D eigenvalue weighted by molar-refractivity contribution is 5.80. The minimum absolute atomic E-state index is 0.0444. The summed E-state index contributed by atoms with van der Waals surface area (Å²) in [6, 6.07) is 9.28. The van der Waals surface area contributed by atoms with Gasteiger partial charge in [-0.05, 0) is 55.9 Å². The van der Waals surface area contributed by atoms with E-state index in [0.717, 1.165) is 37.3 Å². The first-order valence-corrected chi connectivity index (χ1v) is 11.1. The van der Waals surface area contributed by atoms with Crippen LogP contribution >= 0.6 is 0 Å². The van der Waals surface area contributed by atoms with E-state index < -0.39 is 17.6 Å². The highest BCUT2D eigenvalue weighted by Gasteiger charge is 2.24. The molecule has 0 bridgehead atoms. The second-order valence-corrected chi connectivity index (χ2v) is 8.54. The standard InChI is InChI=1S/C25H22F2N4O3/c26-17-10-19(27)24-21(11-17)30-25(31-24)16-3-7-20(28-13-16)15-4-8-22(29-12-15)34-18-5-1-14(2-6-18)9-23(32)33/h3-4,7-8,10-14,18H,1-2,5-6,9H2,(H,30,31)(H,32,33)/t14-,18+. The molecule has 174 valence electrons. The summed E-state index contributed by atoms with van der Waals surface area (Å²) in [6.07, 6.45) is 6.90. The normalized spacial score (nSPS) is 18.2. The van der Waals surface area contributed by atoms with Gasteiger partial charge < -0.3 is 14.8 Å². The molecule has 1 aliphatic carbocycles. The molecule has 3 aromatic heterocycles. The Morgan fingerprint density at radius 3 is 2.47 bits per heavy atom. The van der Waals surface area contributed by atoms with Gasteiger partial charge in [0.15, 0.2) is 5.82 Å². The monoisotopic (exact) mass is 464 g/mol. The molecule has 0 amide bonds. The number of nitrogens with zero attached hydrogens (tertiary/aromatic N) is 3. The molecule has 0 saturated heterocycles. The number of halogens is 2. The summed E-state index contributed by atoms with van der Waals surface area (Å²) in [7, 11) is 0. The minimum Gasteiger partial charge on any atom is -0.481 e. The van der Waals surface area contributed by atoms with Crippen LogP contribution in [0.25, 0.3) is 33.7 Å². The Hall–Kier alpha value is -3.88. The fourth-order valence-corrected chi connectivity index (χ4v) is 4.36. The topological polar surface area (TPSA) is 101 Å². The molecule has 2 N–H and O–H groups in total. The Morgan fingerprint density at radius 1 is 1.03 bits per heavy atom. The second kappa shape index (κ2) is 9.17. The SMILES string of the molecule is O=C(O)C[C@H]1CC[C@@H](Oc2ccc(-c3ccc(-c4nc5c(F)cc(F)cc5[nH]4)cn3)cn2)CC1. The van der Waals surface area contributed by atoms with Crippen LogP contribution in [0.5, 0.6) is 5.88 Å². The maximum atomic E-state index is 13.9. The molecule has 0 unspecified atom stereocenters. The number of pyridine rings is 2. The first-order chi connectivity index (χ1) is 16.4. The van der Waals surface area contributed by atoms with E-state index in [9.17, 15) is 13.6 Å². The van der Waals surface area contributed by atoms with Crippen molar-refractivity contribution < 1.29 is 23.4 Å². The van der Waals surface area contributed by atoms with E-state index in [4.69, 9.17) is 9.84 Å². The lowest BCUT2D eigenvalue weighted by molar-refractivity contribution is -0.138. The van der Waals surface area contributed by atoms with Crippen LogP contribution in [0, 0.1) is 17.6 Å². The number of H-pyrrole nitrogens is 1. The van der Waals surface area contributed by atoms with Crippen molar-refractivity contribution in [3.63, 3.8) is 0 Å². The molecule has 1 aromatic carbocycles. The van der Waals surface area contributed by atoms with E-state index in [-0.39, 0.29) is 29.5 Å². The summed E-state index contributed by atoms with van der Waals surface area (Å²) in [5, 5.41) is 8.93. The third kappa shape index (κ3) is 4.73. The van der Waals surface area contributed by atoms with Crippen molar-refractivity contribution >= 4 is 17.0 Å². The van der Waals surface area contributed by atoms with E-state index >= 15 is 0 Å². The van der Waals surface area contributed by atoms with Crippen molar-refractivity contribution in [3.8, 4) is 28.5 Å². The van der Waals surface area contributed by atoms with Crippen LogP contribution < -0.4 is 4.74 Å². The van der Waals surface area contributed by atoms with Crippen LogP contribution in [-0.4, -0.2) is 37.1 Å². The molecule has 3 heterocycles. The molecule has 5 rings (SSSR count). The lowest BCUT2D eigenvalue weighted by Gasteiger charge is -2.27. The molecule has 0 spiro atoms. The molecule has 1 aliphatic rings. The van der Waals surface area contributed by atoms with Gasteiger partial charge in [0.25, 0.3) is 0 Å². The molecular weight excluding hydrogens is 442 g/mol. The molecule has 1 saturated carbocycles. The van der Waals surface area contributed by atoms with Gasteiger partial charge in [0.05, 0.1) is 11.2 Å². The average Bonchev–Trinajstić information content (AvgIpc) is 3.25. The molecule has 0 atom stereocenters. The number of carbonyl (C=O) groups is 1. The Balaban J connectivity index is 1.24. The van der Waals surface area contributed by atoms with Gasteiger partial charge in [0, 0.05) is 42.1 Å². The third-order valence-electron chi connectivity index (χ3n) is 6.12. The lowest BCUT2D eigenvalue weighted by atomic mass is 9.85. The summed E-state index contributed by atoms with van der Waals surface area (Å²) in [6.45, 7) is 0. The van der Waals surface area contributed by atoms with Gasteiger partial charge in [-0.25, -0.2) is 18.7 Å². The molecule has 7 nitrogen and oxygen atoms in total. The van der Waals surface area contributed by atoms with Crippen molar-refractivity contribution in [2.45, 2.75) is 38.2 Å². The van der Waals surface area contributed by atoms with E-state index in [0.29, 0.717) is 23.0 Å². The smallest absolute Gasteiger partial charge is 0.303 e. The fourth-order valence-electron chi connectivity index (χ4n) is 4.36. The van der Waals surface area contributed by atoms with Crippen LogP contribution in [0.4, 0.5) is 8.78 Å². The van der Waals surface area contributed by atoms with Gasteiger partial charge in [0.1, 0.15) is 23.3 Å². The highest BCUT2D eigenvalue weighted by atomic mass is 19.1. The number of aromatic amines is 1. The van der Waals surface area contributed by atoms with E-state index in [2.05, 4.69) is 19.9 Å². The number of imidazole rings is 1. The number of aromatic nitrogens is 4. The molecule has 4 aromatic rings. The summed E-state index contributed by atoms with van der Waals surface area (Å²) in [5.74, 6) is -0.980. The molecule has 1 fully saturated rings. The molecule has 34 heavy (non-hydrogen) atoms. The Labute approximate surface area is 193 Å². The highest BCUT2D eigenvalue weighted by Crippen LogP contribution is 2.30. The van der Waals surface area contributed by atoms with Crippen LogP contribution in [0.3, 0.4) is 0 Å². The van der Waals surface area contributed by atoms with Crippen LogP contribution in [0.15, 0.2) is 48.8 Å². The zero-order valence-corrected chi connectivity index (χ0v) is 18.2. The van der Waals surface area contributed by atoms with E-state index in [1.54, 1.807) is 30.6 Å². The summed E-state index contributed by atoms with van der Waals surface area (Å²) >= 11 is 0. The number of hydrogen-bond donors (Lipinski definition) is 2. The quantitative estimate of drug-likeness (QED) is 0.397. The molecular formula is C25H22F2N4O3. The van der Waals surface area contributed by atoms with Gasteiger partial charge in [-0.3, -0.25) is 9.78 Å². The fraction of sp³-hybridized carbons (Fsp3) is 0.280. The average molecular weight is 464 g/mol. The Kier molecular flexibility index (Phi) is 5.91. The van der Waals surface area contributed by atoms with Gasteiger partial charge in [-0.15, -0.1) is 0 Å². The maximum Gasteiger partial charge on any atom is 0.303 e. The molecule has 0 radical (unpaired) electrons. The Morgan fingerprint density at radius 2 is 1.79 bits per heavy atom. The van der Waals surface area contributed by atoms with Crippen LogP contribution in [-0.2, 0) is 4.79 Å². The summed E-state index contributed by atoms with van der Waals surface area (Å²) in [4.78, 5) is 26.8. The predicted molar refractivity (Wildman–Crippen MR) is 121 cm³/mol. The van der Waals surface area contributed by atoms with E-state index in [1.165, 1.54) is 6.07 Å². The first-order valence-electron chi connectivity index (χ1n) is 11.1. The van der Waals surface area contributed by atoms with Crippen LogP contribution in [0.2, 0.25) is 0 Å². The van der Waals surface area contributed by atoms with Gasteiger partial charge in [-0.2, -0.15) is 0 Å². The summed E-state index contributed by atoms with van der Waals surface area (Å²) in [5.41, 5.74) is 2.51. The third-order valence-corrected chi connectivity index (χ3v) is 6.12. The number of nitrogens with one attached hydrogen (secondary N) is 1. The van der Waals surface area contributed by atoms with Gasteiger partial charge in [0.2, 0.25) is 5.88 Å². The van der Waals surface area contributed by atoms with Crippen molar-refractivity contribution in [1.82, 2.24) is 19.9 Å². The summed E-state index contributed by atoms with van der Waals surface area (Å²) < 4.78 is 33.3. The van der Waals surface area contributed by atoms with Gasteiger partial charge in [-0.1, -0.05) is 0 Å². The largest absolute Gasteiger partial charge is 0.481 e. The number of carboxylic acids is 1. The number of hydrogen-bond acceptors (Lipinski definition) is 5. The number of rotatable bonds is 6. The molecule has 0 aliphatic heterocycles.